The van der Waals surface area contributed by atoms with Crippen molar-refractivity contribution >= 4 is 21.6 Å². The number of benzene rings is 1. The van der Waals surface area contributed by atoms with E-state index in [0.717, 1.165) is 30.8 Å². The van der Waals surface area contributed by atoms with Gasteiger partial charge in [0.1, 0.15) is 0 Å². The summed E-state index contributed by atoms with van der Waals surface area (Å²) >= 11 is 5.86. The molecule has 4 nitrogen and oxygen atoms in total. The zero-order valence-electron chi connectivity index (χ0n) is 13.7. The summed E-state index contributed by atoms with van der Waals surface area (Å²) < 4.78 is 27.1. The molecule has 6 heteroatoms. The minimum atomic E-state index is -3.39. The van der Waals surface area contributed by atoms with Gasteiger partial charge in [-0.15, -0.1) is 0 Å². The lowest BCUT2D eigenvalue weighted by atomic mass is 9.93. The largest absolute Gasteiger partial charge is 0.332 e. The molecular formula is C18H24ClN2O2S+. The van der Waals surface area contributed by atoms with E-state index in [1.165, 1.54) is 19.4 Å². The van der Waals surface area contributed by atoms with Crippen molar-refractivity contribution in [1.29, 1.82) is 0 Å². The van der Waals surface area contributed by atoms with Gasteiger partial charge in [-0.25, -0.2) is 8.42 Å². The Labute approximate surface area is 149 Å². The van der Waals surface area contributed by atoms with E-state index < -0.39 is 10.0 Å². The van der Waals surface area contributed by atoms with Crippen molar-refractivity contribution in [2.75, 3.05) is 32.7 Å². The van der Waals surface area contributed by atoms with Crippen molar-refractivity contribution in [3.63, 3.8) is 0 Å². The van der Waals surface area contributed by atoms with Gasteiger partial charge < -0.3 is 4.90 Å². The third-order valence-corrected chi connectivity index (χ3v) is 8.01. The molecule has 4 rings (SSSR count). The molecule has 1 saturated heterocycles. The second kappa shape index (κ2) is 6.45. The molecule has 0 unspecified atom stereocenters. The molecule has 1 aromatic rings. The summed E-state index contributed by atoms with van der Waals surface area (Å²) in [7, 11) is -3.39. The Hall–Kier alpha value is -0.880. The second-order valence-electron chi connectivity index (χ2n) is 7.35. The molecule has 1 heterocycles. The molecule has 24 heavy (non-hydrogen) atoms. The highest BCUT2D eigenvalue weighted by Gasteiger charge is 2.39. The fourth-order valence-corrected chi connectivity index (χ4v) is 6.07. The van der Waals surface area contributed by atoms with Gasteiger partial charge in [-0.1, -0.05) is 23.8 Å². The van der Waals surface area contributed by atoms with Crippen LogP contribution in [0.5, 0.6) is 0 Å². The van der Waals surface area contributed by atoms with Crippen molar-refractivity contribution in [2.24, 2.45) is 17.8 Å². The van der Waals surface area contributed by atoms with Crippen LogP contribution in [0.15, 0.2) is 41.3 Å². The van der Waals surface area contributed by atoms with E-state index in [-0.39, 0.29) is 0 Å². The lowest BCUT2D eigenvalue weighted by Crippen LogP contribution is -3.15. The minimum Gasteiger partial charge on any atom is -0.332 e. The normalized spacial score (nSPS) is 31.0. The number of nitrogens with zero attached hydrogens (tertiary/aromatic N) is 1. The molecule has 1 N–H and O–H groups in total. The van der Waals surface area contributed by atoms with Crippen LogP contribution in [0, 0.1) is 17.8 Å². The van der Waals surface area contributed by atoms with Crippen LogP contribution in [0.4, 0.5) is 0 Å². The fourth-order valence-electron chi connectivity index (χ4n) is 4.50. The van der Waals surface area contributed by atoms with Gasteiger partial charge >= 0.3 is 0 Å². The third-order valence-electron chi connectivity index (χ3n) is 5.85. The first-order valence-electron chi connectivity index (χ1n) is 8.80. The highest BCUT2D eigenvalue weighted by molar-refractivity contribution is 7.89. The first-order chi connectivity index (χ1) is 11.5. The Kier molecular flexibility index (Phi) is 4.45. The number of rotatable bonds is 4. The zero-order valence-corrected chi connectivity index (χ0v) is 15.3. The van der Waals surface area contributed by atoms with E-state index in [2.05, 4.69) is 12.2 Å². The predicted octanol–water partition coefficient (Wildman–Crippen LogP) is 1.44. The summed E-state index contributed by atoms with van der Waals surface area (Å²) in [4.78, 5) is 1.90. The van der Waals surface area contributed by atoms with E-state index in [1.807, 2.05) is 0 Å². The summed E-state index contributed by atoms with van der Waals surface area (Å²) in [6.07, 6.45) is 7.46. The van der Waals surface area contributed by atoms with Gasteiger partial charge in [0, 0.05) is 10.9 Å². The Morgan fingerprint density at radius 1 is 1.08 bits per heavy atom. The topological polar surface area (TPSA) is 41.8 Å². The number of nitrogens with one attached hydrogen (secondary N) is 1. The molecule has 2 fully saturated rings. The predicted molar refractivity (Wildman–Crippen MR) is 94.6 cm³/mol. The Bertz CT molecular complexity index is 724. The molecule has 130 valence electrons. The van der Waals surface area contributed by atoms with E-state index in [4.69, 9.17) is 11.6 Å². The quantitative estimate of drug-likeness (QED) is 0.818. The van der Waals surface area contributed by atoms with Crippen LogP contribution in [0.1, 0.15) is 12.8 Å². The van der Waals surface area contributed by atoms with Crippen molar-refractivity contribution in [1.82, 2.24) is 4.31 Å². The van der Waals surface area contributed by atoms with Gasteiger partial charge in [-0.05, 0) is 48.9 Å². The third kappa shape index (κ3) is 3.15. The van der Waals surface area contributed by atoms with Gasteiger partial charge in [0.25, 0.3) is 0 Å². The highest BCUT2D eigenvalue weighted by atomic mass is 35.5. The number of piperazine rings is 1. The minimum absolute atomic E-state index is 0.341. The molecule has 3 aliphatic rings. The Balaban J connectivity index is 1.35. The summed E-state index contributed by atoms with van der Waals surface area (Å²) in [5, 5.41) is 0.558. The lowest BCUT2D eigenvalue weighted by molar-refractivity contribution is -0.907. The number of halogens is 1. The van der Waals surface area contributed by atoms with Crippen LogP contribution in [-0.4, -0.2) is 45.4 Å². The molecule has 2 bridgehead atoms. The van der Waals surface area contributed by atoms with Gasteiger partial charge in [-0.3, -0.25) is 0 Å². The first kappa shape index (κ1) is 16.6. The summed E-state index contributed by atoms with van der Waals surface area (Å²) in [6, 6.07) is 6.47. The first-order valence-corrected chi connectivity index (χ1v) is 10.6. The lowest BCUT2D eigenvalue weighted by Gasteiger charge is -2.33. The molecule has 0 radical (unpaired) electrons. The van der Waals surface area contributed by atoms with Crippen LogP contribution < -0.4 is 4.90 Å². The summed E-state index contributed by atoms with van der Waals surface area (Å²) in [6.45, 7) is 4.23. The van der Waals surface area contributed by atoms with E-state index in [9.17, 15) is 8.42 Å². The van der Waals surface area contributed by atoms with Crippen LogP contribution in [0.2, 0.25) is 5.02 Å². The number of sulfonamides is 1. The number of quaternary nitrogens is 1. The number of hydrogen-bond donors (Lipinski definition) is 1. The molecule has 1 aliphatic heterocycles. The average Bonchev–Trinajstić information content (AvgIpc) is 3.19. The van der Waals surface area contributed by atoms with Crippen LogP contribution in [0.3, 0.4) is 0 Å². The maximum atomic E-state index is 12.7. The fraction of sp³-hybridized carbons (Fsp3) is 0.556. The average molecular weight is 368 g/mol. The molecular weight excluding hydrogens is 344 g/mol. The van der Waals surface area contributed by atoms with Crippen LogP contribution >= 0.6 is 11.6 Å². The second-order valence-corrected chi connectivity index (χ2v) is 9.73. The van der Waals surface area contributed by atoms with Gasteiger partial charge in [-0.2, -0.15) is 4.31 Å². The highest BCUT2D eigenvalue weighted by Crippen LogP contribution is 2.42. The SMILES string of the molecule is O=S(=O)(c1ccc(Cl)cc1)N1CC[NH+](C[C@H]2C[C@H]3C=C[C@H]2C3)CC1. The van der Waals surface area contributed by atoms with Gasteiger partial charge in [0.2, 0.25) is 10.0 Å². The Morgan fingerprint density at radius 2 is 1.79 bits per heavy atom. The van der Waals surface area contributed by atoms with Gasteiger partial charge in [0.05, 0.1) is 37.6 Å². The molecule has 0 amide bonds. The summed E-state index contributed by atoms with van der Waals surface area (Å²) in [5.41, 5.74) is 0. The summed E-state index contributed by atoms with van der Waals surface area (Å²) in [5.74, 6) is 2.39. The van der Waals surface area contributed by atoms with Gasteiger partial charge in [0.15, 0.2) is 0 Å². The van der Waals surface area contributed by atoms with Crippen LogP contribution in [0.25, 0.3) is 0 Å². The smallest absolute Gasteiger partial charge is 0.243 e. The Morgan fingerprint density at radius 3 is 2.38 bits per heavy atom. The molecule has 3 atom stereocenters. The maximum absolute atomic E-state index is 12.7. The number of hydrogen-bond acceptors (Lipinski definition) is 2. The van der Waals surface area contributed by atoms with Crippen LogP contribution in [-0.2, 0) is 10.0 Å². The molecule has 0 aromatic heterocycles. The number of allylic oxidation sites excluding steroid dienone is 2. The zero-order chi connectivity index (χ0) is 16.7. The molecule has 2 aliphatic carbocycles. The monoisotopic (exact) mass is 367 g/mol. The number of fused-ring (bicyclic) bond motifs is 2. The molecule has 0 spiro atoms. The van der Waals surface area contributed by atoms with Crippen molar-refractivity contribution in [3.05, 3.63) is 41.4 Å². The van der Waals surface area contributed by atoms with E-state index in [1.54, 1.807) is 33.5 Å². The van der Waals surface area contributed by atoms with E-state index in [0.29, 0.717) is 23.0 Å². The van der Waals surface area contributed by atoms with Crippen molar-refractivity contribution in [3.8, 4) is 0 Å². The van der Waals surface area contributed by atoms with Crippen molar-refractivity contribution < 1.29 is 13.3 Å². The molecule has 1 aromatic carbocycles. The maximum Gasteiger partial charge on any atom is 0.243 e. The molecule has 1 saturated carbocycles. The standard InChI is InChI=1S/C18H23ClN2O2S/c19-17-3-5-18(6-4-17)24(22,23)21-9-7-20(8-10-21)13-16-12-14-1-2-15(16)11-14/h1-6,14-16H,7-13H2/p+1/t14-,15-,16+/m0/s1. The van der Waals surface area contributed by atoms with E-state index >= 15 is 0 Å². The van der Waals surface area contributed by atoms with Crippen molar-refractivity contribution in [2.45, 2.75) is 17.7 Å².